The third kappa shape index (κ3) is 2.16. The van der Waals surface area contributed by atoms with Crippen LogP contribution in [0.15, 0.2) is 73.1 Å². The van der Waals surface area contributed by atoms with E-state index in [2.05, 4.69) is 53.5 Å². The summed E-state index contributed by atoms with van der Waals surface area (Å²) in [5, 5.41) is 0. The minimum atomic E-state index is 1.14. The van der Waals surface area contributed by atoms with Gasteiger partial charge in [-0.05, 0) is 34.9 Å². The Kier molecular flexibility index (Phi) is 2.89. The average Bonchev–Trinajstić information content (AvgIpc) is 2.49. The van der Waals surface area contributed by atoms with Crippen molar-refractivity contribution in [3.05, 3.63) is 79.1 Å². The van der Waals surface area contributed by atoms with Crippen LogP contribution in [0.2, 0.25) is 0 Å². The fraction of sp³-hybridized carbons (Fsp3) is 0. The van der Waals surface area contributed by atoms with Crippen molar-refractivity contribution < 1.29 is 0 Å². The molecule has 0 aliphatic carbocycles. The van der Waals surface area contributed by atoms with E-state index in [1.807, 2.05) is 24.4 Å². The van der Waals surface area contributed by atoms with Crippen LogP contribution in [-0.4, -0.2) is 4.98 Å². The molecule has 3 rings (SSSR count). The van der Waals surface area contributed by atoms with Gasteiger partial charge in [-0.2, -0.15) is 0 Å². The molecule has 0 fully saturated rings. The molecule has 1 heteroatoms. The molecule has 1 heterocycles. The first-order valence-electron chi connectivity index (χ1n) is 5.90. The third-order valence-corrected chi connectivity index (χ3v) is 2.91. The molecule has 0 N–H and O–H groups in total. The van der Waals surface area contributed by atoms with Gasteiger partial charge >= 0.3 is 0 Å². The van der Waals surface area contributed by atoms with E-state index in [1.54, 1.807) is 6.20 Å². The molecule has 0 spiro atoms. The van der Waals surface area contributed by atoms with Gasteiger partial charge in [-0.25, -0.2) is 0 Å². The highest BCUT2D eigenvalue weighted by Crippen LogP contribution is 2.25. The van der Waals surface area contributed by atoms with E-state index in [0.717, 1.165) is 5.56 Å². The van der Waals surface area contributed by atoms with Gasteiger partial charge in [0, 0.05) is 18.0 Å². The van der Waals surface area contributed by atoms with Crippen LogP contribution in [0.3, 0.4) is 0 Å². The predicted octanol–water partition coefficient (Wildman–Crippen LogP) is 4.22. The highest BCUT2D eigenvalue weighted by atomic mass is 14.6. The second-order valence-electron chi connectivity index (χ2n) is 4.11. The second kappa shape index (κ2) is 4.84. The molecule has 0 saturated carbocycles. The van der Waals surface area contributed by atoms with Crippen LogP contribution in [0.1, 0.15) is 0 Å². The van der Waals surface area contributed by atoms with Crippen molar-refractivity contribution >= 4 is 0 Å². The van der Waals surface area contributed by atoms with E-state index < -0.39 is 0 Å². The van der Waals surface area contributed by atoms with Crippen molar-refractivity contribution in [3.63, 3.8) is 0 Å². The van der Waals surface area contributed by atoms with Crippen molar-refractivity contribution in [2.45, 2.75) is 0 Å². The normalized spacial score (nSPS) is 10.2. The first kappa shape index (κ1) is 10.7. The first-order valence-corrected chi connectivity index (χ1v) is 5.90. The van der Waals surface area contributed by atoms with E-state index in [-0.39, 0.29) is 0 Å². The Bertz CT molecular complexity index is 575. The summed E-state index contributed by atoms with van der Waals surface area (Å²) in [5.74, 6) is 0. The maximum atomic E-state index is 4.16. The van der Waals surface area contributed by atoms with Crippen LogP contribution >= 0.6 is 0 Å². The number of aromatic nitrogens is 1. The molecule has 2 aromatic carbocycles. The minimum absolute atomic E-state index is 1.14. The summed E-state index contributed by atoms with van der Waals surface area (Å²) in [6.07, 6.45) is 3.68. The lowest BCUT2D eigenvalue weighted by atomic mass is 10.0. The van der Waals surface area contributed by atoms with E-state index in [0.29, 0.717) is 0 Å². The van der Waals surface area contributed by atoms with E-state index in [1.165, 1.54) is 16.7 Å². The maximum absolute atomic E-state index is 4.16. The molecule has 1 aromatic heterocycles. The Morgan fingerprint density at radius 2 is 1.44 bits per heavy atom. The smallest absolute Gasteiger partial charge is 0.0346 e. The van der Waals surface area contributed by atoms with Crippen LogP contribution < -0.4 is 0 Å². The van der Waals surface area contributed by atoms with Gasteiger partial charge in [0.15, 0.2) is 0 Å². The molecule has 3 aromatic rings. The number of nitrogens with zero attached hydrogens (tertiary/aromatic N) is 1. The van der Waals surface area contributed by atoms with Crippen LogP contribution in [0.5, 0.6) is 0 Å². The first-order chi connectivity index (χ1) is 8.93. The number of pyridine rings is 1. The molecular weight excluding hydrogens is 218 g/mol. The highest BCUT2D eigenvalue weighted by Gasteiger charge is 2.00. The quantitative estimate of drug-likeness (QED) is 0.642. The van der Waals surface area contributed by atoms with Crippen LogP contribution in [-0.2, 0) is 0 Å². The van der Waals surface area contributed by atoms with Crippen molar-refractivity contribution in [2.75, 3.05) is 0 Å². The fourth-order valence-electron chi connectivity index (χ4n) is 1.99. The summed E-state index contributed by atoms with van der Waals surface area (Å²) in [6, 6.07) is 23.6. The Morgan fingerprint density at radius 3 is 2.17 bits per heavy atom. The Labute approximate surface area is 107 Å². The molecule has 0 saturated heterocycles. The second-order valence-corrected chi connectivity index (χ2v) is 4.11. The largest absolute Gasteiger partial charge is 0.264 e. The molecule has 0 aliphatic heterocycles. The van der Waals surface area contributed by atoms with Crippen molar-refractivity contribution in [2.24, 2.45) is 0 Å². The van der Waals surface area contributed by atoms with Gasteiger partial charge < -0.3 is 0 Å². The molecule has 0 atom stereocenters. The average molecular weight is 230 g/mol. The molecule has 85 valence electrons. The molecular formula is C17H12N. The molecule has 1 nitrogen and oxygen atoms in total. The highest BCUT2D eigenvalue weighted by molar-refractivity contribution is 5.72. The number of rotatable bonds is 2. The van der Waals surface area contributed by atoms with Gasteiger partial charge in [0.1, 0.15) is 0 Å². The lowest BCUT2D eigenvalue weighted by molar-refractivity contribution is 1.33. The maximum Gasteiger partial charge on any atom is 0.0346 e. The fourth-order valence-corrected chi connectivity index (χ4v) is 1.99. The predicted molar refractivity (Wildman–Crippen MR) is 73.9 cm³/mol. The molecule has 1 radical (unpaired) electrons. The molecule has 0 amide bonds. The number of hydrogen-bond acceptors (Lipinski definition) is 1. The molecule has 0 aliphatic rings. The van der Waals surface area contributed by atoms with Gasteiger partial charge in [0.05, 0.1) is 0 Å². The van der Waals surface area contributed by atoms with E-state index in [9.17, 15) is 0 Å². The van der Waals surface area contributed by atoms with Crippen LogP contribution in [0.4, 0.5) is 0 Å². The Balaban J connectivity index is 2.05. The topological polar surface area (TPSA) is 12.9 Å². The summed E-state index contributed by atoms with van der Waals surface area (Å²) in [4.78, 5) is 4.16. The van der Waals surface area contributed by atoms with Crippen molar-refractivity contribution in [3.8, 4) is 22.3 Å². The standard InChI is InChI=1S/C17H12N/c1-2-6-14(7-3-1)15-8-4-9-16(12-15)17-10-5-11-18-13-17/h2-13H. The van der Waals surface area contributed by atoms with E-state index in [4.69, 9.17) is 0 Å². The summed E-state index contributed by atoms with van der Waals surface area (Å²) < 4.78 is 0. The summed E-state index contributed by atoms with van der Waals surface area (Å²) in [7, 11) is 0. The number of hydrogen-bond donors (Lipinski definition) is 0. The molecule has 18 heavy (non-hydrogen) atoms. The zero-order valence-corrected chi connectivity index (χ0v) is 9.88. The summed E-state index contributed by atoms with van der Waals surface area (Å²) in [6.45, 7) is 0. The van der Waals surface area contributed by atoms with Gasteiger partial charge in [-0.15, -0.1) is 0 Å². The Hall–Kier alpha value is -2.41. The summed E-state index contributed by atoms with van der Waals surface area (Å²) in [5.41, 5.74) is 4.75. The monoisotopic (exact) mass is 230 g/mol. The molecule has 0 bridgehead atoms. The van der Waals surface area contributed by atoms with Gasteiger partial charge in [0.2, 0.25) is 0 Å². The lowest BCUT2D eigenvalue weighted by Crippen LogP contribution is -1.81. The van der Waals surface area contributed by atoms with Crippen LogP contribution in [0, 0.1) is 6.07 Å². The zero-order valence-electron chi connectivity index (χ0n) is 9.88. The third-order valence-electron chi connectivity index (χ3n) is 2.91. The van der Waals surface area contributed by atoms with Gasteiger partial charge in [-0.1, -0.05) is 48.5 Å². The number of benzene rings is 2. The van der Waals surface area contributed by atoms with E-state index >= 15 is 0 Å². The minimum Gasteiger partial charge on any atom is -0.264 e. The van der Waals surface area contributed by atoms with Crippen LogP contribution in [0.25, 0.3) is 22.3 Å². The van der Waals surface area contributed by atoms with Crippen molar-refractivity contribution in [1.82, 2.24) is 4.98 Å². The van der Waals surface area contributed by atoms with Crippen molar-refractivity contribution in [1.29, 1.82) is 0 Å². The lowest BCUT2D eigenvalue weighted by Gasteiger charge is -2.05. The summed E-state index contributed by atoms with van der Waals surface area (Å²) >= 11 is 0. The Morgan fingerprint density at radius 1 is 0.722 bits per heavy atom. The van der Waals surface area contributed by atoms with Gasteiger partial charge in [0.25, 0.3) is 0 Å². The molecule has 0 unspecified atom stereocenters. The zero-order chi connectivity index (χ0) is 12.2. The SMILES string of the molecule is [c]1ccc(-c2cccc(-c3cccnc3)c2)cc1. The van der Waals surface area contributed by atoms with Gasteiger partial charge in [-0.3, -0.25) is 4.98 Å².